The summed E-state index contributed by atoms with van der Waals surface area (Å²) < 4.78 is 0. The van der Waals surface area contributed by atoms with Crippen molar-refractivity contribution in [2.75, 3.05) is 20.2 Å². The standard InChI is InChI=1S/C14H30N2O/c1-13(2)8-6-7-11(12(13)15)9-16(5)14(3,4)10-17/h11-12,17H,6-10,15H2,1-5H3. The molecule has 0 aliphatic heterocycles. The molecule has 0 aromatic rings. The minimum Gasteiger partial charge on any atom is -0.394 e. The summed E-state index contributed by atoms with van der Waals surface area (Å²) in [5.41, 5.74) is 6.51. The molecule has 0 spiro atoms. The largest absolute Gasteiger partial charge is 0.394 e. The second kappa shape index (κ2) is 5.25. The highest BCUT2D eigenvalue weighted by molar-refractivity contribution is 4.93. The highest BCUT2D eigenvalue weighted by Crippen LogP contribution is 2.38. The lowest BCUT2D eigenvalue weighted by molar-refractivity contribution is 0.0390. The summed E-state index contributed by atoms with van der Waals surface area (Å²) in [6, 6.07) is 0.271. The van der Waals surface area contributed by atoms with E-state index in [1.54, 1.807) is 0 Å². The molecule has 17 heavy (non-hydrogen) atoms. The van der Waals surface area contributed by atoms with E-state index in [0.29, 0.717) is 5.92 Å². The van der Waals surface area contributed by atoms with E-state index < -0.39 is 0 Å². The molecule has 3 N–H and O–H groups in total. The van der Waals surface area contributed by atoms with Crippen molar-refractivity contribution in [3.63, 3.8) is 0 Å². The predicted molar refractivity (Wildman–Crippen MR) is 72.9 cm³/mol. The fourth-order valence-electron chi connectivity index (χ4n) is 2.73. The molecule has 0 saturated heterocycles. The van der Waals surface area contributed by atoms with E-state index >= 15 is 0 Å². The first-order valence-electron chi connectivity index (χ1n) is 6.78. The van der Waals surface area contributed by atoms with E-state index in [1.165, 1.54) is 19.3 Å². The van der Waals surface area contributed by atoms with Crippen molar-refractivity contribution in [2.24, 2.45) is 17.1 Å². The molecule has 0 heterocycles. The molecule has 3 heteroatoms. The van der Waals surface area contributed by atoms with Gasteiger partial charge in [0.2, 0.25) is 0 Å². The van der Waals surface area contributed by atoms with E-state index in [9.17, 15) is 5.11 Å². The predicted octanol–water partition coefficient (Wildman–Crippen LogP) is 1.84. The third kappa shape index (κ3) is 3.43. The monoisotopic (exact) mass is 242 g/mol. The molecule has 1 rings (SSSR count). The minimum atomic E-state index is -0.151. The molecule has 1 aliphatic rings. The van der Waals surface area contributed by atoms with Crippen LogP contribution in [0.5, 0.6) is 0 Å². The quantitative estimate of drug-likeness (QED) is 0.791. The van der Waals surface area contributed by atoms with Crippen LogP contribution in [0.15, 0.2) is 0 Å². The maximum atomic E-state index is 9.39. The molecule has 0 aromatic heterocycles. The van der Waals surface area contributed by atoms with Gasteiger partial charge in [0.1, 0.15) is 0 Å². The second-order valence-electron chi connectivity index (χ2n) is 7.02. The molecular weight excluding hydrogens is 212 g/mol. The van der Waals surface area contributed by atoms with E-state index in [4.69, 9.17) is 5.73 Å². The van der Waals surface area contributed by atoms with Crippen molar-refractivity contribution < 1.29 is 5.11 Å². The number of aliphatic hydroxyl groups is 1. The summed E-state index contributed by atoms with van der Waals surface area (Å²) in [5, 5.41) is 9.39. The number of hydrogen-bond acceptors (Lipinski definition) is 3. The molecule has 2 unspecified atom stereocenters. The Balaban J connectivity index is 2.62. The lowest BCUT2D eigenvalue weighted by Gasteiger charge is -2.45. The van der Waals surface area contributed by atoms with E-state index in [0.717, 1.165) is 6.54 Å². The molecule has 3 nitrogen and oxygen atoms in total. The van der Waals surface area contributed by atoms with Crippen molar-refractivity contribution >= 4 is 0 Å². The maximum absolute atomic E-state index is 9.39. The van der Waals surface area contributed by atoms with Gasteiger partial charge >= 0.3 is 0 Å². The van der Waals surface area contributed by atoms with Gasteiger partial charge in [-0.25, -0.2) is 0 Å². The van der Waals surface area contributed by atoms with Gasteiger partial charge in [-0.15, -0.1) is 0 Å². The summed E-state index contributed by atoms with van der Waals surface area (Å²) in [6.07, 6.45) is 3.73. The zero-order valence-corrected chi connectivity index (χ0v) is 12.2. The molecule has 0 bridgehead atoms. The van der Waals surface area contributed by atoms with Crippen LogP contribution in [-0.2, 0) is 0 Å². The third-order valence-corrected chi connectivity index (χ3v) is 4.73. The molecular formula is C14H30N2O. The summed E-state index contributed by atoms with van der Waals surface area (Å²) in [4.78, 5) is 2.25. The lowest BCUT2D eigenvalue weighted by Crippen LogP contribution is -2.53. The summed E-state index contributed by atoms with van der Waals surface area (Å²) in [5.74, 6) is 0.551. The summed E-state index contributed by atoms with van der Waals surface area (Å²) in [6.45, 7) is 9.88. The third-order valence-electron chi connectivity index (χ3n) is 4.73. The SMILES string of the molecule is CN(CC1CCCC(C)(C)C1N)C(C)(C)CO. The van der Waals surface area contributed by atoms with Crippen molar-refractivity contribution in [3.05, 3.63) is 0 Å². The van der Waals surface area contributed by atoms with Crippen LogP contribution in [0, 0.1) is 11.3 Å². The van der Waals surface area contributed by atoms with Crippen LogP contribution in [0.25, 0.3) is 0 Å². The Morgan fingerprint density at radius 2 is 2.00 bits per heavy atom. The molecule has 102 valence electrons. The minimum absolute atomic E-state index is 0.151. The topological polar surface area (TPSA) is 49.5 Å². The van der Waals surface area contributed by atoms with Gasteiger partial charge in [0.05, 0.1) is 6.61 Å². The molecule has 1 aliphatic carbocycles. The average Bonchev–Trinajstić information content (AvgIpc) is 2.24. The van der Waals surface area contributed by atoms with Gasteiger partial charge in [-0.2, -0.15) is 0 Å². The van der Waals surface area contributed by atoms with Crippen molar-refractivity contribution in [2.45, 2.75) is 58.5 Å². The number of hydrogen-bond donors (Lipinski definition) is 2. The lowest BCUT2D eigenvalue weighted by atomic mass is 9.68. The molecule has 1 fully saturated rings. The highest BCUT2D eigenvalue weighted by atomic mass is 16.3. The Hall–Kier alpha value is -0.120. The normalized spacial score (nSPS) is 29.6. The number of nitrogens with zero attached hydrogens (tertiary/aromatic N) is 1. The first-order chi connectivity index (χ1) is 7.70. The van der Waals surface area contributed by atoms with E-state index in [2.05, 4.69) is 39.6 Å². The van der Waals surface area contributed by atoms with Crippen molar-refractivity contribution in [1.29, 1.82) is 0 Å². The molecule has 0 radical (unpaired) electrons. The van der Waals surface area contributed by atoms with E-state index in [-0.39, 0.29) is 23.6 Å². The van der Waals surface area contributed by atoms with Crippen LogP contribution in [0.3, 0.4) is 0 Å². The molecule has 1 saturated carbocycles. The van der Waals surface area contributed by atoms with Gasteiger partial charge < -0.3 is 10.8 Å². The Bertz CT molecular complexity index is 251. The zero-order chi connectivity index (χ0) is 13.3. The van der Waals surface area contributed by atoms with Gasteiger partial charge in [-0.1, -0.05) is 20.3 Å². The van der Waals surface area contributed by atoms with Crippen LogP contribution >= 0.6 is 0 Å². The average molecular weight is 242 g/mol. The Labute approximate surface area is 106 Å². The Morgan fingerprint density at radius 1 is 1.41 bits per heavy atom. The van der Waals surface area contributed by atoms with Gasteiger partial charge in [-0.05, 0) is 45.1 Å². The second-order valence-corrected chi connectivity index (χ2v) is 7.02. The number of nitrogens with two attached hydrogens (primary N) is 1. The summed E-state index contributed by atoms with van der Waals surface area (Å²) in [7, 11) is 2.09. The van der Waals surface area contributed by atoms with Crippen LogP contribution in [-0.4, -0.2) is 41.8 Å². The fraction of sp³-hybridized carbons (Fsp3) is 1.00. The van der Waals surface area contributed by atoms with Gasteiger partial charge in [0.15, 0.2) is 0 Å². The number of likely N-dealkylation sites (N-methyl/N-ethyl adjacent to an activating group) is 1. The Morgan fingerprint density at radius 3 is 2.53 bits per heavy atom. The summed E-state index contributed by atoms with van der Waals surface area (Å²) >= 11 is 0. The van der Waals surface area contributed by atoms with Crippen molar-refractivity contribution in [3.8, 4) is 0 Å². The molecule has 0 amide bonds. The van der Waals surface area contributed by atoms with Crippen LogP contribution in [0.2, 0.25) is 0 Å². The Kier molecular flexibility index (Phi) is 4.61. The first-order valence-corrected chi connectivity index (χ1v) is 6.78. The molecule has 2 atom stereocenters. The number of rotatable bonds is 4. The zero-order valence-electron chi connectivity index (χ0n) is 12.2. The van der Waals surface area contributed by atoms with E-state index in [1.807, 2.05) is 0 Å². The highest BCUT2D eigenvalue weighted by Gasteiger charge is 2.38. The molecule has 0 aromatic carbocycles. The van der Waals surface area contributed by atoms with Crippen molar-refractivity contribution in [1.82, 2.24) is 4.90 Å². The van der Waals surface area contributed by atoms with Gasteiger partial charge in [-0.3, -0.25) is 4.90 Å². The van der Waals surface area contributed by atoms with Crippen LogP contribution in [0.4, 0.5) is 0 Å². The first kappa shape index (κ1) is 14.9. The maximum Gasteiger partial charge on any atom is 0.0609 e. The smallest absolute Gasteiger partial charge is 0.0609 e. The van der Waals surface area contributed by atoms with Crippen LogP contribution < -0.4 is 5.73 Å². The number of aliphatic hydroxyl groups excluding tert-OH is 1. The van der Waals surface area contributed by atoms with Gasteiger partial charge in [0, 0.05) is 18.1 Å². The fourth-order valence-corrected chi connectivity index (χ4v) is 2.73. The van der Waals surface area contributed by atoms with Gasteiger partial charge in [0.25, 0.3) is 0 Å². The van der Waals surface area contributed by atoms with Crippen LogP contribution in [0.1, 0.15) is 47.0 Å².